The average molecular weight is 229 g/mol. The van der Waals surface area contributed by atoms with E-state index in [1.54, 1.807) is 0 Å². The lowest BCUT2D eigenvalue weighted by Gasteiger charge is -2.49. The fraction of sp³-hybridized carbons (Fsp3) is 0.700. The van der Waals surface area contributed by atoms with E-state index in [4.69, 9.17) is 0 Å². The minimum Gasteiger partial charge on any atom is -0.298 e. The van der Waals surface area contributed by atoms with Crippen LogP contribution in [0.15, 0.2) is 12.2 Å². The van der Waals surface area contributed by atoms with Crippen LogP contribution in [0.5, 0.6) is 0 Å². The number of hydrogen-bond donors (Lipinski definition) is 0. The van der Waals surface area contributed by atoms with Crippen LogP contribution in [0.25, 0.3) is 0 Å². The molecule has 0 aliphatic heterocycles. The number of alkyl halides is 1. The van der Waals surface area contributed by atoms with Crippen LogP contribution in [0.1, 0.15) is 20.3 Å². The molecule has 1 fully saturated rings. The van der Waals surface area contributed by atoms with Gasteiger partial charge < -0.3 is 0 Å². The second-order valence-corrected chi connectivity index (χ2v) is 5.39. The Morgan fingerprint density at radius 1 is 1.50 bits per heavy atom. The summed E-state index contributed by atoms with van der Waals surface area (Å²) in [7, 11) is 0. The summed E-state index contributed by atoms with van der Waals surface area (Å²) in [5, 5.41) is 0. The van der Waals surface area contributed by atoms with Gasteiger partial charge in [-0.2, -0.15) is 0 Å². The van der Waals surface area contributed by atoms with Crippen molar-refractivity contribution in [3.05, 3.63) is 12.2 Å². The topological polar surface area (TPSA) is 17.1 Å². The first kappa shape index (κ1) is 8.49. The molecule has 0 saturated heterocycles. The molecule has 2 bridgehead atoms. The third-order valence-corrected chi connectivity index (χ3v) is 4.23. The van der Waals surface area contributed by atoms with Gasteiger partial charge in [0.05, 0.1) is 4.83 Å². The molecule has 0 amide bonds. The van der Waals surface area contributed by atoms with Gasteiger partial charge in [-0.25, -0.2) is 0 Å². The highest BCUT2D eigenvalue weighted by Crippen LogP contribution is 2.54. The summed E-state index contributed by atoms with van der Waals surface area (Å²) in [4.78, 5) is 11.7. The highest BCUT2D eigenvalue weighted by atomic mass is 79.9. The zero-order chi connectivity index (χ0) is 8.93. The summed E-state index contributed by atoms with van der Waals surface area (Å²) >= 11 is 3.39. The number of allylic oxidation sites excluding steroid dienone is 2. The van der Waals surface area contributed by atoms with Crippen molar-refractivity contribution in [2.75, 3.05) is 0 Å². The monoisotopic (exact) mass is 228 g/mol. The van der Waals surface area contributed by atoms with E-state index in [0.717, 1.165) is 6.42 Å². The van der Waals surface area contributed by atoms with Gasteiger partial charge in [0.15, 0.2) is 5.78 Å². The quantitative estimate of drug-likeness (QED) is 0.460. The Bertz CT molecular complexity index is 255. The van der Waals surface area contributed by atoms with Crippen molar-refractivity contribution < 1.29 is 4.79 Å². The maximum Gasteiger partial charge on any atom is 0.153 e. The molecule has 0 aromatic carbocycles. The van der Waals surface area contributed by atoms with Crippen molar-refractivity contribution in [1.82, 2.24) is 0 Å². The van der Waals surface area contributed by atoms with Gasteiger partial charge >= 0.3 is 0 Å². The Balaban J connectivity index is 2.33. The molecule has 0 spiro atoms. The molecule has 12 heavy (non-hydrogen) atoms. The van der Waals surface area contributed by atoms with Crippen LogP contribution in [0.3, 0.4) is 0 Å². The SMILES string of the molecule is CC1(C)[C@@H]2C=C[C@H](Br)C(=O)[C@H]1C2. The van der Waals surface area contributed by atoms with E-state index >= 15 is 0 Å². The third kappa shape index (κ3) is 0.936. The Labute approximate surface area is 81.4 Å². The summed E-state index contributed by atoms with van der Waals surface area (Å²) < 4.78 is 0. The fourth-order valence-electron chi connectivity index (χ4n) is 2.29. The molecule has 3 aliphatic rings. The summed E-state index contributed by atoms with van der Waals surface area (Å²) in [5.74, 6) is 1.26. The largest absolute Gasteiger partial charge is 0.298 e. The number of hydrogen-bond acceptors (Lipinski definition) is 1. The highest BCUT2D eigenvalue weighted by Gasteiger charge is 2.52. The van der Waals surface area contributed by atoms with Gasteiger partial charge in [0.1, 0.15) is 0 Å². The van der Waals surface area contributed by atoms with Gasteiger partial charge in [0.25, 0.3) is 0 Å². The first-order chi connectivity index (χ1) is 5.53. The molecule has 0 radical (unpaired) electrons. The van der Waals surface area contributed by atoms with E-state index in [0.29, 0.717) is 11.7 Å². The lowest BCUT2D eigenvalue weighted by Crippen LogP contribution is -2.47. The van der Waals surface area contributed by atoms with Crippen LogP contribution in [0.2, 0.25) is 0 Å². The smallest absolute Gasteiger partial charge is 0.153 e. The van der Waals surface area contributed by atoms with Crippen molar-refractivity contribution in [3.8, 4) is 0 Å². The Hall–Kier alpha value is -0.110. The molecule has 2 heteroatoms. The number of ketones is 1. The molecule has 0 N–H and O–H groups in total. The van der Waals surface area contributed by atoms with Crippen molar-refractivity contribution >= 4 is 21.7 Å². The van der Waals surface area contributed by atoms with E-state index in [1.807, 2.05) is 6.08 Å². The van der Waals surface area contributed by atoms with E-state index in [2.05, 4.69) is 35.9 Å². The summed E-state index contributed by atoms with van der Waals surface area (Å²) in [6.07, 6.45) is 5.26. The number of halogens is 1. The van der Waals surface area contributed by atoms with Crippen LogP contribution < -0.4 is 0 Å². The average Bonchev–Trinajstić information content (AvgIpc) is 2.18. The molecular formula is C10H13BrO. The second-order valence-electron chi connectivity index (χ2n) is 4.41. The molecule has 0 aromatic heterocycles. The normalized spacial score (nSPS) is 43.6. The van der Waals surface area contributed by atoms with Crippen LogP contribution in [0, 0.1) is 17.3 Å². The van der Waals surface area contributed by atoms with E-state index in [-0.39, 0.29) is 16.2 Å². The predicted octanol–water partition coefficient (Wildman–Crippen LogP) is 2.55. The zero-order valence-corrected chi connectivity index (χ0v) is 8.97. The molecule has 1 saturated carbocycles. The molecule has 66 valence electrons. The van der Waals surface area contributed by atoms with Gasteiger partial charge in [-0.1, -0.05) is 41.9 Å². The zero-order valence-electron chi connectivity index (χ0n) is 7.38. The molecule has 0 aromatic rings. The Morgan fingerprint density at radius 2 is 2.17 bits per heavy atom. The van der Waals surface area contributed by atoms with Crippen LogP contribution in [-0.2, 0) is 4.79 Å². The summed E-state index contributed by atoms with van der Waals surface area (Å²) in [5.41, 5.74) is 0.204. The molecular weight excluding hydrogens is 216 g/mol. The van der Waals surface area contributed by atoms with Crippen molar-refractivity contribution in [3.63, 3.8) is 0 Å². The van der Waals surface area contributed by atoms with Gasteiger partial charge in [-0.3, -0.25) is 4.79 Å². The van der Waals surface area contributed by atoms with Gasteiger partial charge in [-0.15, -0.1) is 0 Å². The lowest BCUT2D eigenvalue weighted by molar-refractivity contribution is -0.133. The second kappa shape index (κ2) is 2.44. The van der Waals surface area contributed by atoms with E-state index < -0.39 is 0 Å². The van der Waals surface area contributed by atoms with Gasteiger partial charge in [0, 0.05) is 5.92 Å². The maximum absolute atomic E-state index is 11.7. The third-order valence-electron chi connectivity index (χ3n) is 3.47. The molecule has 1 nitrogen and oxygen atoms in total. The number of fused-ring (bicyclic) bond motifs is 2. The number of carbonyl (C=O) groups excluding carboxylic acids is 1. The van der Waals surface area contributed by atoms with Crippen LogP contribution in [0.4, 0.5) is 0 Å². The van der Waals surface area contributed by atoms with E-state index in [9.17, 15) is 4.79 Å². The maximum atomic E-state index is 11.7. The number of rotatable bonds is 0. The first-order valence-corrected chi connectivity index (χ1v) is 5.31. The van der Waals surface area contributed by atoms with E-state index in [1.165, 1.54) is 0 Å². The van der Waals surface area contributed by atoms with Crippen LogP contribution in [-0.4, -0.2) is 10.6 Å². The lowest BCUT2D eigenvalue weighted by atomic mass is 9.54. The van der Waals surface area contributed by atoms with Gasteiger partial charge in [-0.05, 0) is 17.8 Å². The predicted molar refractivity (Wildman–Crippen MR) is 52.2 cm³/mol. The number of carbonyl (C=O) groups is 1. The van der Waals surface area contributed by atoms with Crippen LogP contribution >= 0.6 is 15.9 Å². The standard InChI is InChI=1S/C10H13BrO/c1-10(2)6-3-4-8(11)9(12)7(10)5-6/h3-4,6-8H,5H2,1-2H3/t6-,7-,8+/m1/s1. The molecule has 0 heterocycles. The molecule has 0 unspecified atom stereocenters. The molecule has 3 rings (SSSR count). The fourth-order valence-corrected chi connectivity index (χ4v) is 2.78. The summed E-state index contributed by atoms with van der Waals surface area (Å²) in [6.45, 7) is 4.39. The highest BCUT2D eigenvalue weighted by molar-refractivity contribution is 9.10. The van der Waals surface area contributed by atoms with Crippen molar-refractivity contribution in [1.29, 1.82) is 0 Å². The minimum absolute atomic E-state index is 0.0331. The molecule has 3 aliphatic carbocycles. The van der Waals surface area contributed by atoms with Crippen molar-refractivity contribution in [2.45, 2.75) is 25.1 Å². The summed E-state index contributed by atoms with van der Waals surface area (Å²) in [6, 6.07) is 0. The Kier molecular flexibility index (Phi) is 1.73. The Morgan fingerprint density at radius 3 is 2.75 bits per heavy atom. The minimum atomic E-state index is -0.0331. The first-order valence-electron chi connectivity index (χ1n) is 4.39. The van der Waals surface area contributed by atoms with Gasteiger partial charge in [0.2, 0.25) is 0 Å². The number of Topliss-reactive ketones (excluding diaryl/α,β-unsaturated/α-hetero) is 1. The molecule has 3 atom stereocenters. The van der Waals surface area contributed by atoms with Crippen molar-refractivity contribution in [2.24, 2.45) is 17.3 Å².